The molecule has 4 rings (SSSR count). The highest BCUT2D eigenvalue weighted by atomic mass is 19.2. The maximum atomic E-state index is 14.1. The summed E-state index contributed by atoms with van der Waals surface area (Å²) in [6, 6.07) is 7.51. The van der Waals surface area contributed by atoms with Crippen LogP contribution in [0.4, 0.5) is 24.1 Å². The highest BCUT2D eigenvalue weighted by Gasteiger charge is 2.42. The van der Waals surface area contributed by atoms with E-state index >= 15 is 0 Å². The molecule has 5 amide bonds. The van der Waals surface area contributed by atoms with Crippen LogP contribution in [-0.2, 0) is 14.3 Å². The molecular formula is C29H33F2N5O5. The van der Waals surface area contributed by atoms with Crippen LogP contribution in [0.15, 0.2) is 53.7 Å². The SMILES string of the molecule is COC(=O)C1=C(C)NC(=O)N(C(=O)NCCCC(=O)Nc2cccc(C3CCNCC3)c2)C1c1ccc(F)c(F)c1. The van der Waals surface area contributed by atoms with E-state index in [2.05, 4.69) is 27.3 Å². The first-order chi connectivity index (χ1) is 19.7. The lowest BCUT2D eigenvalue weighted by Crippen LogP contribution is -2.54. The normalized spacial score (nSPS) is 17.6. The third-order valence-corrected chi connectivity index (χ3v) is 7.17. The lowest BCUT2D eigenvalue weighted by atomic mass is 9.90. The van der Waals surface area contributed by atoms with Crippen LogP contribution in [0.2, 0.25) is 0 Å². The highest BCUT2D eigenvalue weighted by Crippen LogP contribution is 2.35. The summed E-state index contributed by atoms with van der Waals surface area (Å²) in [5.41, 5.74) is 1.88. The van der Waals surface area contributed by atoms with E-state index in [1.165, 1.54) is 18.6 Å². The monoisotopic (exact) mass is 569 g/mol. The zero-order valence-electron chi connectivity index (χ0n) is 22.9. The molecule has 1 unspecified atom stereocenters. The van der Waals surface area contributed by atoms with E-state index in [-0.39, 0.29) is 42.1 Å². The Morgan fingerprint density at radius 1 is 1.05 bits per heavy atom. The maximum Gasteiger partial charge on any atom is 0.337 e. The standard InChI is InChI=1S/C29H33F2N5O5/c1-17-25(27(38)41-2)26(20-8-9-22(30)23(31)16-20)36(29(40)34-17)28(39)33-12-4-7-24(37)35-21-6-3-5-19(15-21)18-10-13-32-14-11-18/h3,5-6,8-9,15-16,18,26,32H,4,7,10-14H2,1-2H3,(H,33,39)(H,34,40)(H,35,37). The van der Waals surface area contributed by atoms with Crippen molar-refractivity contribution in [1.29, 1.82) is 0 Å². The van der Waals surface area contributed by atoms with Gasteiger partial charge in [-0.25, -0.2) is 28.1 Å². The van der Waals surface area contributed by atoms with Crippen LogP contribution >= 0.6 is 0 Å². The minimum Gasteiger partial charge on any atom is -0.466 e. The largest absolute Gasteiger partial charge is 0.466 e. The summed E-state index contributed by atoms with van der Waals surface area (Å²) in [4.78, 5) is 51.8. The molecule has 1 fully saturated rings. The first-order valence-corrected chi connectivity index (χ1v) is 13.4. The van der Waals surface area contributed by atoms with Crippen molar-refractivity contribution in [2.24, 2.45) is 0 Å². The summed E-state index contributed by atoms with van der Waals surface area (Å²) in [5.74, 6) is -2.96. The number of hydrogen-bond donors (Lipinski definition) is 4. The number of methoxy groups -OCH3 is 1. The van der Waals surface area contributed by atoms with Crippen LogP contribution in [0.5, 0.6) is 0 Å². The topological polar surface area (TPSA) is 129 Å². The number of nitrogens with one attached hydrogen (secondary N) is 4. The van der Waals surface area contributed by atoms with Gasteiger partial charge in [0, 0.05) is 24.4 Å². The second kappa shape index (κ2) is 13.4. The summed E-state index contributed by atoms with van der Waals surface area (Å²) < 4.78 is 32.5. The number of amides is 5. The van der Waals surface area contributed by atoms with Crippen molar-refractivity contribution in [3.8, 4) is 0 Å². The second-order valence-electron chi connectivity index (χ2n) is 9.94. The van der Waals surface area contributed by atoms with Gasteiger partial charge in [0.05, 0.1) is 12.7 Å². The Bertz CT molecular complexity index is 1360. The molecule has 4 N–H and O–H groups in total. The number of allylic oxidation sites excluding steroid dienone is 1. The van der Waals surface area contributed by atoms with Gasteiger partial charge in [-0.3, -0.25) is 4.79 Å². The Hall–Kier alpha value is -4.32. The van der Waals surface area contributed by atoms with Gasteiger partial charge >= 0.3 is 18.0 Å². The first kappa shape index (κ1) is 29.7. The van der Waals surface area contributed by atoms with Gasteiger partial charge in [0.2, 0.25) is 5.91 Å². The van der Waals surface area contributed by atoms with Crippen molar-refractivity contribution in [1.82, 2.24) is 20.9 Å². The Kier molecular flexibility index (Phi) is 9.66. The maximum absolute atomic E-state index is 14.1. The summed E-state index contributed by atoms with van der Waals surface area (Å²) in [6.07, 6.45) is 2.44. The van der Waals surface area contributed by atoms with Crippen LogP contribution in [0.25, 0.3) is 0 Å². The molecule has 0 aliphatic carbocycles. The van der Waals surface area contributed by atoms with Crippen molar-refractivity contribution >= 4 is 29.6 Å². The molecule has 0 bridgehead atoms. The zero-order chi connectivity index (χ0) is 29.5. The lowest BCUT2D eigenvalue weighted by molar-refractivity contribution is -0.136. The fourth-order valence-electron chi connectivity index (χ4n) is 5.10. The smallest absolute Gasteiger partial charge is 0.337 e. The van der Waals surface area contributed by atoms with Crippen LogP contribution in [-0.4, -0.2) is 55.6 Å². The van der Waals surface area contributed by atoms with Gasteiger partial charge in [-0.15, -0.1) is 0 Å². The van der Waals surface area contributed by atoms with E-state index in [0.29, 0.717) is 16.5 Å². The molecule has 0 spiro atoms. The van der Waals surface area contributed by atoms with Crippen LogP contribution in [0, 0.1) is 11.6 Å². The molecule has 218 valence electrons. The van der Waals surface area contributed by atoms with E-state index in [4.69, 9.17) is 4.74 Å². The van der Waals surface area contributed by atoms with E-state index in [1.807, 2.05) is 18.2 Å². The average Bonchev–Trinajstić information content (AvgIpc) is 2.96. The van der Waals surface area contributed by atoms with Gasteiger partial charge in [-0.05, 0) is 80.6 Å². The van der Waals surface area contributed by atoms with Crippen molar-refractivity contribution in [2.75, 3.05) is 32.1 Å². The van der Waals surface area contributed by atoms with E-state index in [1.54, 1.807) is 0 Å². The van der Waals surface area contributed by atoms with Crippen molar-refractivity contribution in [3.05, 3.63) is 76.5 Å². The van der Waals surface area contributed by atoms with Crippen molar-refractivity contribution in [3.63, 3.8) is 0 Å². The van der Waals surface area contributed by atoms with Gasteiger partial charge in [0.15, 0.2) is 11.6 Å². The van der Waals surface area contributed by atoms with Crippen molar-refractivity contribution in [2.45, 2.75) is 44.6 Å². The second-order valence-corrected chi connectivity index (χ2v) is 9.94. The number of carbonyl (C=O) groups excluding carboxylic acids is 4. The number of benzene rings is 2. The average molecular weight is 570 g/mol. The molecule has 0 aromatic heterocycles. The predicted molar refractivity (Wildman–Crippen MR) is 147 cm³/mol. The third-order valence-electron chi connectivity index (χ3n) is 7.17. The van der Waals surface area contributed by atoms with Crippen LogP contribution in [0.1, 0.15) is 55.7 Å². The summed E-state index contributed by atoms with van der Waals surface area (Å²) >= 11 is 0. The number of hydrogen-bond acceptors (Lipinski definition) is 6. The number of ether oxygens (including phenoxy) is 1. The molecule has 2 aliphatic rings. The molecule has 0 saturated carbocycles. The highest BCUT2D eigenvalue weighted by molar-refractivity contribution is 6.01. The third kappa shape index (κ3) is 7.07. The molecule has 0 radical (unpaired) electrons. The van der Waals surface area contributed by atoms with Crippen LogP contribution in [0.3, 0.4) is 0 Å². The molecule has 2 aliphatic heterocycles. The molecule has 10 nitrogen and oxygen atoms in total. The van der Waals surface area contributed by atoms with Crippen molar-refractivity contribution < 1.29 is 32.7 Å². The molecule has 41 heavy (non-hydrogen) atoms. The lowest BCUT2D eigenvalue weighted by Gasteiger charge is -2.36. The van der Waals surface area contributed by atoms with Crippen LogP contribution < -0.4 is 21.3 Å². The molecule has 2 aromatic rings. The minimum atomic E-state index is -1.37. The molecule has 2 aromatic carbocycles. The first-order valence-electron chi connectivity index (χ1n) is 13.4. The Morgan fingerprint density at radius 3 is 2.51 bits per heavy atom. The van der Waals surface area contributed by atoms with E-state index < -0.39 is 35.7 Å². The predicted octanol–water partition coefficient (Wildman–Crippen LogP) is 4.07. The number of halogens is 2. The van der Waals surface area contributed by atoms with Gasteiger partial charge in [0.1, 0.15) is 6.04 Å². The summed E-state index contributed by atoms with van der Waals surface area (Å²) in [5, 5.41) is 11.2. The number of carbonyl (C=O) groups is 4. The molecule has 1 saturated heterocycles. The fourth-order valence-corrected chi connectivity index (χ4v) is 5.10. The molecule has 2 heterocycles. The number of esters is 1. The van der Waals surface area contributed by atoms with Gasteiger partial charge in [-0.2, -0.15) is 0 Å². The summed E-state index contributed by atoms with van der Waals surface area (Å²) in [6.45, 7) is 3.40. The Morgan fingerprint density at radius 2 is 1.80 bits per heavy atom. The van der Waals surface area contributed by atoms with Gasteiger partial charge < -0.3 is 26.0 Å². The summed E-state index contributed by atoms with van der Waals surface area (Å²) in [7, 11) is 1.13. The number of nitrogens with zero attached hydrogens (tertiary/aromatic N) is 1. The fraction of sp³-hybridized carbons (Fsp3) is 0.379. The number of imide groups is 1. The number of anilines is 1. The molecular weight excluding hydrogens is 536 g/mol. The van der Waals surface area contributed by atoms with Gasteiger partial charge in [-0.1, -0.05) is 18.2 Å². The minimum absolute atomic E-state index is 0.000233. The number of urea groups is 2. The number of piperidine rings is 1. The quantitative estimate of drug-likeness (QED) is 0.280. The zero-order valence-corrected chi connectivity index (χ0v) is 22.9. The van der Waals surface area contributed by atoms with Gasteiger partial charge in [0.25, 0.3) is 0 Å². The Labute approximate surface area is 236 Å². The molecule has 12 heteroatoms. The Balaban J connectivity index is 1.38. The number of rotatable bonds is 8. The molecule has 1 atom stereocenters. The van der Waals surface area contributed by atoms with E-state index in [9.17, 15) is 28.0 Å². The van der Waals surface area contributed by atoms with E-state index in [0.717, 1.165) is 45.2 Å².